The van der Waals surface area contributed by atoms with Gasteiger partial charge in [0.2, 0.25) is 11.8 Å². The number of nitrogens with zero attached hydrogens (tertiary/aromatic N) is 1. The van der Waals surface area contributed by atoms with E-state index in [2.05, 4.69) is 10.6 Å². The molecular weight excluding hydrogens is 218 g/mol. The second kappa shape index (κ2) is 7.66. The van der Waals surface area contributed by atoms with Gasteiger partial charge in [0.15, 0.2) is 0 Å². The van der Waals surface area contributed by atoms with E-state index in [0.717, 1.165) is 6.42 Å². The van der Waals surface area contributed by atoms with Crippen LogP contribution in [0.4, 0.5) is 0 Å². The van der Waals surface area contributed by atoms with Crippen LogP contribution in [0.25, 0.3) is 0 Å². The van der Waals surface area contributed by atoms with Crippen LogP contribution in [0.2, 0.25) is 0 Å². The average Bonchev–Trinajstić information content (AvgIpc) is 2.36. The van der Waals surface area contributed by atoms with Gasteiger partial charge in [-0.3, -0.25) is 9.59 Å². The fourth-order valence-corrected chi connectivity index (χ4v) is 1.44. The van der Waals surface area contributed by atoms with Gasteiger partial charge in [-0.25, -0.2) is 0 Å². The molecule has 2 amide bonds. The van der Waals surface area contributed by atoms with Gasteiger partial charge in [-0.05, 0) is 19.3 Å². The zero-order valence-electron chi connectivity index (χ0n) is 10.8. The lowest BCUT2D eigenvalue weighted by molar-refractivity contribution is -0.131. The maximum absolute atomic E-state index is 11.8. The van der Waals surface area contributed by atoms with Crippen molar-refractivity contribution in [2.24, 2.45) is 5.41 Å². The van der Waals surface area contributed by atoms with Crippen molar-refractivity contribution in [3.63, 3.8) is 0 Å². The van der Waals surface area contributed by atoms with Crippen LogP contribution in [-0.2, 0) is 9.59 Å². The molecule has 0 aromatic rings. The standard InChI is InChI=1S/C12H21N3O2/c1-4-7-14-10(16)8-15-11(17)12(5-2,6-3)9-13/h4-8H2,1-3H3,(H,14,16)(H,15,17). The molecule has 96 valence electrons. The molecule has 0 heterocycles. The molecular formula is C12H21N3O2. The van der Waals surface area contributed by atoms with Gasteiger partial charge in [-0.1, -0.05) is 20.8 Å². The Morgan fingerprint density at radius 1 is 1.18 bits per heavy atom. The van der Waals surface area contributed by atoms with Crippen LogP contribution in [-0.4, -0.2) is 24.9 Å². The number of amides is 2. The molecule has 5 heteroatoms. The maximum Gasteiger partial charge on any atom is 0.240 e. The van der Waals surface area contributed by atoms with Crippen molar-refractivity contribution >= 4 is 11.8 Å². The largest absolute Gasteiger partial charge is 0.355 e. The summed E-state index contributed by atoms with van der Waals surface area (Å²) >= 11 is 0. The summed E-state index contributed by atoms with van der Waals surface area (Å²) in [6, 6.07) is 2.04. The molecule has 2 N–H and O–H groups in total. The van der Waals surface area contributed by atoms with Crippen molar-refractivity contribution in [1.29, 1.82) is 5.26 Å². The molecule has 0 atom stereocenters. The number of carbonyl (C=O) groups excluding carboxylic acids is 2. The summed E-state index contributed by atoms with van der Waals surface area (Å²) < 4.78 is 0. The van der Waals surface area contributed by atoms with E-state index in [0.29, 0.717) is 19.4 Å². The minimum Gasteiger partial charge on any atom is -0.355 e. The maximum atomic E-state index is 11.8. The third-order valence-electron chi connectivity index (χ3n) is 2.84. The highest BCUT2D eigenvalue weighted by Crippen LogP contribution is 2.25. The molecule has 0 radical (unpaired) electrons. The molecule has 0 aliphatic rings. The molecule has 17 heavy (non-hydrogen) atoms. The summed E-state index contributed by atoms with van der Waals surface area (Å²) in [5.41, 5.74) is -1.01. The number of hydrogen-bond acceptors (Lipinski definition) is 3. The van der Waals surface area contributed by atoms with Crippen LogP contribution in [0.1, 0.15) is 40.0 Å². The highest BCUT2D eigenvalue weighted by atomic mass is 16.2. The fraction of sp³-hybridized carbons (Fsp3) is 0.750. The van der Waals surface area contributed by atoms with Gasteiger partial charge in [0, 0.05) is 6.54 Å². The number of carbonyl (C=O) groups is 2. The molecule has 0 aliphatic heterocycles. The van der Waals surface area contributed by atoms with Gasteiger partial charge in [-0.15, -0.1) is 0 Å². The predicted molar refractivity (Wildman–Crippen MR) is 64.9 cm³/mol. The van der Waals surface area contributed by atoms with Crippen molar-refractivity contribution in [3.8, 4) is 6.07 Å². The summed E-state index contributed by atoms with van der Waals surface area (Å²) in [6.45, 7) is 6.07. The quantitative estimate of drug-likeness (QED) is 0.694. The van der Waals surface area contributed by atoms with E-state index < -0.39 is 5.41 Å². The van der Waals surface area contributed by atoms with Crippen LogP contribution in [0.5, 0.6) is 0 Å². The minimum absolute atomic E-state index is 0.0672. The first-order valence-corrected chi connectivity index (χ1v) is 6.02. The summed E-state index contributed by atoms with van der Waals surface area (Å²) in [7, 11) is 0. The molecule has 0 rings (SSSR count). The van der Waals surface area contributed by atoms with Gasteiger partial charge in [0.05, 0.1) is 12.6 Å². The second-order valence-corrected chi connectivity index (χ2v) is 3.93. The van der Waals surface area contributed by atoms with Crippen LogP contribution < -0.4 is 10.6 Å². The Balaban J connectivity index is 4.26. The van der Waals surface area contributed by atoms with E-state index in [-0.39, 0.29) is 18.4 Å². The highest BCUT2D eigenvalue weighted by Gasteiger charge is 2.34. The molecule has 0 aromatic carbocycles. The van der Waals surface area contributed by atoms with Crippen molar-refractivity contribution in [2.75, 3.05) is 13.1 Å². The van der Waals surface area contributed by atoms with Gasteiger partial charge in [0.25, 0.3) is 0 Å². The van der Waals surface area contributed by atoms with Crippen molar-refractivity contribution in [3.05, 3.63) is 0 Å². The third kappa shape index (κ3) is 4.43. The minimum atomic E-state index is -1.01. The van der Waals surface area contributed by atoms with Gasteiger partial charge >= 0.3 is 0 Å². The van der Waals surface area contributed by atoms with Crippen LogP contribution in [0.3, 0.4) is 0 Å². The Bertz CT molecular complexity index is 303. The van der Waals surface area contributed by atoms with Gasteiger partial charge in [0.1, 0.15) is 5.41 Å². The zero-order chi connectivity index (χ0) is 13.3. The lowest BCUT2D eigenvalue weighted by atomic mass is 9.83. The van der Waals surface area contributed by atoms with Gasteiger partial charge < -0.3 is 10.6 Å². The van der Waals surface area contributed by atoms with Gasteiger partial charge in [-0.2, -0.15) is 5.26 Å². The van der Waals surface area contributed by atoms with Crippen LogP contribution in [0.15, 0.2) is 0 Å². The molecule has 0 aromatic heterocycles. The first kappa shape index (κ1) is 15.4. The molecule has 0 spiro atoms. The SMILES string of the molecule is CCCNC(=O)CNC(=O)C(C#N)(CC)CC. The van der Waals surface area contributed by atoms with Crippen molar-refractivity contribution in [1.82, 2.24) is 10.6 Å². The third-order valence-corrected chi connectivity index (χ3v) is 2.84. The monoisotopic (exact) mass is 239 g/mol. The Hall–Kier alpha value is -1.57. The van der Waals surface area contributed by atoms with Crippen molar-refractivity contribution in [2.45, 2.75) is 40.0 Å². The molecule has 0 aliphatic carbocycles. The van der Waals surface area contributed by atoms with E-state index in [1.54, 1.807) is 13.8 Å². The highest BCUT2D eigenvalue weighted by molar-refractivity contribution is 5.89. The molecule has 0 fully saturated rings. The first-order valence-electron chi connectivity index (χ1n) is 6.02. The van der Waals surface area contributed by atoms with Crippen molar-refractivity contribution < 1.29 is 9.59 Å². The molecule has 0 bridgehead atoms. The summed E-state index contributed by atoms with van der Waals surface area (Å²) in [4.78, 5) is 23.1. The normalized spacial score (nSPS) is 10.5. The first-order chi connectivity index (χ1) is 8.06. The molecule has 0 unspecified atom stereocenters. The molecule has 0 saturated heterocycles. The number of nitrogens with one attached hydrogen (secondary N) is 2. The number of hydrogen-bond donors (Lipinski definition) is 2. The predicted octanol–water partition coefficient (Wildman–Crippen LogP) is 0.959. The summed E-state index contributed by atoms with van der Waals surface area (Å²) in [6.07, 6.45) is 1.75. The topological polar surface area (TPSA) is 82.0 Å². The smallest absolute Gasteiger partial charge is 0.240 e. The Labute approximate surface area is 103 Å². The second-order valence-electron chi connectivity index (χ2n) is 3.93. The Morgan fingerprint density at radius 3 is 2.18 bits per heavy atom. The molecule has 5 nitrogen and oxygen atoms in total. The van der Waals surface area contributed by atoms with E-state index in [1.807, 2.05) is 13.0 Å². The average molecular weight is 239 g/mol. The molecule has 0 saturated carbocycles. The van der Waals surface area contributed by atoms with E-state index >= 15 is 0 Å². The number of rotatable bonds is 7. The van der Waals surface area contributed by atoms with E-state index in [9.17, 15) is 9.59 Å². The van der Waals surface area contributed by atoms with Crippen LogP contribution >= 0.6 is 0 Å². The fourth-order valence-electron chi connectivity index (χ4n) is 1.44. The van der Waals surface area contributed by atoms with E-state index in [1.165, 1.54) is 0 Å². The Morgan fingerprint density at radius 2 is 1.76 bits per heavy atom. The zero-order valence-corrected chi connectivity index (χ0v) is 10.8. The van der Waals surface area contributed by atoms with E-state index in [4.69, 9.17) is 5.26 Å². The lowest BCUT2D eigenvalue weighted by Gasteiger charge is -2.21. The Kier molecular flexibility index (Phi) is 6.95. The summed E-state index contributed by atoms with van der Waals surface area (Å²) in [5, 5.41) is 14.2. The lowest BCUT2D eigenvalue weighted by Crippen LogP contribution is -2.44. The number of nitriles is 1. The summed E-state index contributed by atoms with van der Waals surface area (Å²) in [5.74, 6) is -0.587. The van der Waals surface area contributed by atoms with Crippen LogP contribution in [0, 0.1) is 16.7 Å².